The van der Waals surface area contributed by atoms with Crippen molar-refractivity contribution in [3.05, 3.63) is 93.0 Å². The van der Waals surface area contributed by atoms with E-state index >= 15 is 0 Å². The number of carbonyl (C=O) groups is 1. The third kappa shape index (κ3) is 5.73. The van der Waals surface area contributed by atoms with Crippen LogP contribution in [0.1, 0.15) is 34.6 Å². The molecule has 0 spiro atoms. The first-order valence-electron chi connectivity index (χ1n) is 11.0. The molecule has 0 aliphatic rings. The minimum absolute atomic E-state index is 0.00656. The van der Waals surface area contributed by atoms with Gasteiger partial charge in [0.15, 0.2) is 0 Å². The van der Waals surface area contributed by atoms with Crippen LogP contribution >= 0.6 is 23.2 Å². The summed E-state index contributed by atoms with van der Waals surface area (Å²) < 4.78 is 2.13. The fourth-order valence-electron chi connectivity index (χ4n) is 3.83. The average molecular weight is 481 g/mol. The van der Waals surface area contributed by atoms with Crippen molar-refractivity contribution in [1.82, 2.24) is 19.9 Å². The van der Waals surface area contributed by atoms with Crippen LogP contribution in [0.2, 0.25) is 10.0 Å². The first-order valence-corrected chi connectivity index (χ1v) is 11.7. The standard InChI is InChI=1S/C26H26Cl2N4O/c1-17-13-23-24(14-18(17)2)32(25(31-23)15-19-6-7-20(27)16-22(19)28)12-9-26(33)30-11-8-21-5-3-4-10-29-21/h3-7,10,13-14,16H,8-9,11-12,15H2,1-2H3,(H,30,33). The minimum atomic E-state index is 0.00656. The van der Waals surface area contributed by atoms with Crippen LogP contribution in [0.3, 0.4) is 0 Å². The number of fused-ring (bicyclic) bond motifs is 1. The number of hydrogen-bond acceptors (Lipinski definition) is 3. The van der Waals surface area contributed by atoms with Gasteiger partial charge in [-0.2, -0.15) is 0 Å². The van der Waals surface area contributed by atoms with Gasteiger partial charge in [0.1, 0.15) is 5.82 Å². The number of nitrogens with zero attached hydrogens (tertiary/aromatic N) is 3. The number of aromatic nitrogens is 3. The molecule has 0 atom stereocenters. The van der Waals surface area contributed by atoms with Gasteiger partial charge in [0.2, 0.25) is 5.91 Å². The fraction of sp³-hybridized carbons (Fsp3) is 0.269. The Morgan fingerprint density at radius 3 is 2.64 bits per heavy atom. The van der Waals surface area contributed by atoms with Gasteiger partial charge in [-0.3, -0.25) is 9.78 Å². The van der Waals surface area contributed by atoms with Crippen molar-refractivity contribution < 1.29 is 4.79 Å². The van der Waals surface area contributed by atoms with E-state index in [1.807, 2.05) is 30.3 Å². The second-order valence-corrected chi connectivity index (χ2v) is 9.03. The molecule has 7 heteroatoms. The van der Waals surface area contributed by atoms with Crippen molar-refractivity contribution in [3.8, 4) is 0 Å². The number of hydrogen-bond donors (Lipinski definition) is 1. The molecular weight excluding hydrogens is 455 g/mol. The summed E-state index contributed by atoms with van der Waals surface area (Å²) in [7, 11) is 0. The van der Waals surface area contributed by atoms with Gasteiger partial charge in [0, 0.05) is 54.3 Å². The first kappa shape index (κ1) is 23.3. The zero-order valence-corrected chi connectivity index (χ0v) is 20.2. The number of amides is 1. The average Bonchev–Trinajstić information content (AvgIpc) is 3.11. The topological polar surface area (TPSA) is 59.8 Å². The lowest BCUT2D eigenvalue weighted by molar-refractivity contribution is -0.121. The fourth-order valence-corrected chi connectivity index (χ4v) is 4.30. The smallest absolute Gasteiger partial charge is 0.221 e. The Kier molecular flexibility index (Phi) is 7.31. The second-order valence-electron chi connectivity index (χ2n) is 8.19. The molecule has 0 saturated carbocycles. The monoisotopic (exact) mass is 480 g/mol. The van der Waals surface area contributed by atoms with Crippen molar-refractivity contribution in [2.24, 2.45) is 0 Å². The molecule has 5 nitrogen and oxygen atoms in total. The Labute approximate surface area is 203 Å². The second kappa shape index (κ2) is 10.4. The summed E-state index contributed by atoms with van der Waals surface area (Å²) in [5, 5.41) is 4.21. The van der Waals surface area contributed by atoms with E-state index in [9.17, 15) is 4.79 Å². The molecular formula is C26H26Cl2N4O. The van der Waals surface area contributed by atoms with Crippen LogP contribution in [0.25, 0.3) is 11.0 Å². The number of imidazole rings is 1. The summed E-state index contributed by atoms with van der Waals surface area (Å²) in [6.07, 6.45) is 3.39. The van der Waals surface area contributed by atoms with Gasteiger partial charge < -0.3 is 9.88 Å². The zero-order chi connectivity index (χ0) is 23.4. The van der Waals surface area contributed by atoms with Gasteiger partial charge in [-0.25, -0.2) is 4.98 Å². The van der Waals surface area contributed by atoms with E-state index < -0.39 is 0 Å². The van der Waals surface area contributed by atoms with Gasteiger partial charge in [-0.15, -0.1) is 0 Å². The maximum absolute atomic E-state index is 12.5. The van der Waals surface area contributed by atoms with Crippen LogP contribution in [-0.4, -0.2) is 27.0 Å². The highest BCUT2D eigenvalue weighted by Crippen LogP contribution is 2.26. The molecule has 2 aromatic carbocycles. The Morgan fingerprint density at radius 1 is 1.06 bits per heavy atom. The van der Waals surface area contributed by atoms with Gasteiger partial charge in [-0.05, 0) is 66.9 Å². The Balaban J connectivity index is 1.51. The Morgan fingerprint density at radius 2 is 1.88 bits per heavy atom. The summed E-state index contributed by atoms with van der Waals surface area (Å²) in [5.74, 6) is 0.882. The van der Waals surface area contributed by atoms with Crippen LogP contribution < -0.4 is 5.32 Å². The van der Waals surface area contributed by atoms with E-state index in [1.165, 1.54) is 11.1 Å². The number of halogens is 2. The van der Waals surface area contributed by atoms with Crippen molar-refractivity contribution >= 4 is 40.1 Å². The van der Waals surface area contributed by atoms with Crippen molar-refractivity contribution in [1.29, 1.82) is 0 Å². The molecule has 0 bridgehead atoms. The number of carbonyl (C=O) groups excluding carboxylic acids is 1. The van der Waals surface area contributed by atoms with Crippen LogP contribution in [0.15, 0.2) is 54.7 Å². The predicted octanol–water partition coefficient (Wildman–Crippen LogP) is 5.69. The van der Waals surface area contributed by atoms with E-state index in [0.717, 1.165) is 28.1 Å². The Bertz CT molecular complexity index is 1280. The molecule has 4 rings (SSSR count). The van der Waals surface area contributed by atoms with Crippen LogP contribution in [0, 0.1) is 13.8 Å². The van der Waals surface area contributed by atoms with E-state index in [1.54, 1.807) is 12.3 Å². The lowest BCUT2D eigenvalue weighted by Crippen LogP contribution is -2.27. The van der Waals surface area contributed by atoms with E-state index in [0.29, 0.717) is 42.4 Å². The molecule has 0 saturated heterocycles. The number of aryl methyl sites for hydroxylation is 3. The van der Waals surface area contributed by atoms with Crippen LogP contribution in [-0.2, 0) is 24.2 Å². The predicted molar refractivity (Wildman–Crippen MR) is 134 cm³/mol. The van der Waals surface area contributed by atoms with Crippen molar-refractivity contribution in [2.75, 3.05) is 6.54 Å². The molecule has 0 fully saturated rings. The molecule has 170 valence electrons. The van der Waals surface area contributed by atoms with Crippen LogP contribution in [0.5, 0.6) is 0 Å². The zero-order valence-electron chi connectivity index (χ0n) is 18.7. The van der Waals surface area contributed by atoms with E-state index in [2.05, 4.69) is 40.8 Å². The lowest BCUT2D eigenvalue weighted by Gasteiger charge is -2.11. The maximum Gasteiger partial charge on any atom is 0.221 e. The van der Waals surface area contributed by atoms with Crippen molar-refractivity contribution in [2.45, 2.75) is 39.7 Å². The summed E-state index contributed by atoms with van der Waals surface area (Å²) in [6.45, 7) is 5.27. The third-order valence-electron chi connectivity index (χ3n) is 5.80. The molecule has 0 aliphatic heterocycles. The summed E-state index contributed by atoms with van der Waals surface area (Å²) in [5.41, 5.74) is 6.25. The molecule has 1 amide bonds. The highest BCUT2D eigenvalue weighted by molar-refractivity contribution is 6.35. The van der Waals surface area contributed by atoms with Crippen molar-refractivity contribution in [3.63, 3.8) is 0 Å². The highest BCUT2D eigenvalue weighted by atomic mass is 35.5. The van der Waals surface area contributed by atoms with Gasteiger partial charge in [-0.1, -0.05) is 35.3 Å². The van der Waals surface area contributed by atoms with Gasteiger partial charge in [0.25, 0.3) is 0 Å². The van der Waals surface area contributed by atoms with Gasteiger partial charge in [0.05, 0.1) is 11.0 Å². The summed E-state index contributed by atoms with van der Waals surface area (Å²) in [6, 6.07) is 15.5. The highest BCUT2D eigenvalue weighted by Gasteiger charge is 2.15. The molecule has 4 aromatic rings. The first-order chi connectivity index (χ1) is 15.9. The Hall–Kier alpha value is -2.89. The quantitative estimate of drug-likeness (QED) is 0.352. The maximum atomic E-state index is 12.5. The van der Waals surface area contributed by atoms with Gasteiger partial charge >= 0.3 is 0 Å². The molecule has 0 aliphatic carbocycles. The molecule has 0 unspecified atom stereocenters. The summed E-state index contributed by atoms with van der Waals surface area (Å²) in [4.78, 5) is 21.7. The minimum Gasteiger partial charge on any atom is -0.356 e. The number of pyridine rings is 1. The largest absolute Gasteiger partial charge is 0.356 e. The molecule has 2 heterocycles. The van der Waals surface area contributed by atoms with Crippen LogP contribution in [0.4, 0.5) is 0 Å². The third-order valence-corrected chi connectivity index (χ3v) is 6.39. The normalized spacial score (nSPS) is 11.2. The number of rotatable bonds is 8. The lowest BCUT2D eigenvalue weighted by atomic mass is 10.1. The number of nitrogens with one attached hydrogen (secondary N) is 1. The van der Waals surface area contributed by atoms with E-state index in [-0.39, 0.29) is 5.91 Å². The molecule has 1 N–H and O–H groups in total. The SMILES string of the molecule is Cc1cc2nc(Cc3ccc(Cl)cc3Cl)n(CCC(=O)NCCc3ccccn3)c2cc1C. The molecule has 0 radical (unpaired) electrons. The van der Waals surface area contributed by atoms with E-state index in [4.69, 9.17) is 28.2 Å². The molecule has 2 aromatic heterocycles. The number of benzene rings is 2. The summed E-state index contributed by atoms with van der Waals surface area (Å²) >= 11 is 12.5. The molecule has 33 heavy (non-hydrogen) atoms.